The van der Waals surface area contributed by atoms with E-state index in [0.29, 0.717) is 25.7 Å². The third-order valence-corrected chi connectivity index (χ3v) is 7.23. The Hall–Kier alpha value is -4.05. The lowest BCUT2D eigenvalue weighted by Crippen LogP contribution is -2.55. The second-order valence-electron chi connectivity index (χ2n) is 8.97. The van der Waals surface area contributed by atoms with Crippen LogP contribution in [0.4, 0.5) is 28.9 Å². The maximum atomic E-state index is 15.1. The summed E-state index contributed by atoms with van der Waals surface area (Å²) in [7, 11) is 1.79. The molecule has 8 nitrogen and oxygen atoms in total. The number of carbonyl (C=O) groups is 1. The van der Waals surface area contributed by atoms with Crippen molar-refractivity contribution in [2.75, 3.05) is 16.4 Å². The van der Waals surface area contributed by atoms with Gasteiger partial charge in [0.1, 0.15) is 17.2 Å². The average molecular weight is 545 g/mol. The van der Waals surface area contributed by atoms with Crippen LogP contribution in [0, 0.1) is 17.1 Å². The zero-order valence-corrected chi connectivity index (χ0v) is 20.8. The molecule has 2 aromatic heterocycles. The van der Waals surface area contributed by atoms with Gasteiger partial charge in [-0.2, -0.15) is 23.5 Å². The lowest BCUT2D eigenvalue weighted by Gasteiger charge is -2.43. The third-order valence-electron chi connectivity index (χ3n) is 6.86. The minimum absolute atomic E-state index is 0.0148. The fourth-order valence-electron chi connectivity index (χ4n) is 4.85. The Bertz CT molecular complexity index is 1480. The van der Waals surface area contributed by atoms with Gasteiger partial charge in [0.2, 0.25) is 0 Å². The van der Waals surface area contributed by atoms with Gasteiger partial charge in [0.25, 0.3) is 5.91 Å². The molecule has 1 aromatic carbocycles. The summed E-state index contributed by atoms with van der Waals surface area (Å²) in [5, 5.41) is 13.1. The van der Waals surface area contributed by atoms with Gasteiger partial charge in [-0.15, -0.1) is 0 Å². The fraction of sp³-hybridized carbons (Fsp3) is 0.320. The van der Waals surface area contributed by atoms with Crippen LogP contribution in [0.2, 0.25) is 0 Å². The lowest BCUT2D eigenvalue weighted by molar-refractivity contribution is -0.137. The van der Waals surface area contributed by atoms with Crippen LogP contribution in [0.15, 0.2) is 42.7 Å². The highest BCUT2D eigenvalue weighted by Gasteiger charge is 2.60. The summed E-state index contributed by atoms with van der Waals surface area (Å²) >= 11 is 5.52. The zero-order valence-electron chi connectivity index (χ0n) is 20.0. The minimum Gasteiger partial charge on any atom is -0.490 e. The number of halogens is 4. The predicted octanol–water partition coefficient (Wildman–Crippen LogP) is 4.53. The Morgan fingerprint density at radius 1 is 1.21 bits per heavy atom. The van der Waals surface area contributed by atoms with Crippen LogP contribution >= 0.6 is 12.2 Å². The zero-order chi connectivity index (χ0) is 27.2. The van der Waals surface area contributed by atoms with E-state index >= 15 is 4.39 Å². The smallest absolute Gasteiger partial charge is 0.421 e. The molecule has 0 unspecified atom stereocenters. The fourth-order valence-corrected chi connectivity index (χ4v) is 5.31. The molecule has 3 heterocycles. The Morgan fingerprint density at radius 2 is 1.97 bits per heavy atom. The number of hydrogen-bond acceptors (Lipinski definition) is 6. The first-order valence-electron chi connectivity index (χ1n) is 11.6. The molecule has 196 valence electrons. The van der Waals surface area contributed by atoms with Gasteiger partial charge in [-0.3, -0.25) is 14.4 Å². The Morgan fingerprint density at radius 3 is 2.55 bits per heavy atom. The van der Waals surface area contributed by atoms with Crippen molar-refractivity contribution in [1.29, 1.82) is 5.26 Å². The number of thiocarbonyl (C=S) groups is 1. The normalized spacial score (nSPS) is 16.6. The summed E-state index contributed by atoms with van der Waals surface area (Å²) in [6.07, 6.45) is -0.511. The summed E-state index contributed by atoms with van der Waals surface area (Å²) in [6, 6.07) is 8.33. The monoisotopic (exact) mass is 544 g/mol. The second kappa shape index (κ2) is 9.36. The topological polar surface area (TPSA) is 87.3 Å². The Balaban J connectivity index is 1.47. The number of hydrogen-bond donors (Lipinski definition) is 0. The molecular weight excluding hydrogens is 524 g/mol. The van der Waals surface area contributed by atoms with E-state index in [-0.39, 0.29) is 23.2 Å². The molecule has 1 spiro atoms. The first-order chi connectivity index (χ1) is 18.1. The number of benzene rings is 1. The summed E-state index contributed by atoms with van der Waals surface area (Å²) in [4.78, 5) is 19.3. The maximum Gasteiger partial charge on any atom is 0.421 e. The number of aromatic nitrogens is 3. The van der Waals surface area contributed by atoms with Crippen LogP contribution in [-0.2, 0) is 24.4 Å². The average Bonchev–Trinajstić information content (AvgIpc) is 3.35. The van der Waals surface area contributed by atoms with E-state index in [4.69, 9.17) is 17.0 Å². The van der Waals surface area contributed by atoms with Crippen molar-refractivity contribution in [3.63, 3.8) is 0 Å². The van der Waals surface area contributed by atoms with Gasteiger partial charge >= 0.3 is 6.18 Å². The molecule has 0 N–H and O–H groups in total. The van der Waals surface area contributed by atoms with Crippen LogP contribution in [0.1, 0.15) is 36.2 Å². The van der Waals surface area contributed by atoms with Crippen molar-refractivity contribution in [1.82, 2.24) is 14.8 Å². The van der Waals surface area contributed by atoms with E-state index in [1.165, 1.54) is 23.1 Å². The first-order valence-corrected chi connectivity index (χ1v) is 12.0. The summed E-state index contributed by atoms with van der Waals surface area (Å²) in [5.74, 6) is -1.38. The molecule has 0 radical (unpaired) electrons. The van der Waals surface area contributed by atoms with Crippen LogP contribution < -0.4 is 14.5 Å². The highest BCUT2D eigenvalue weighted by atomic mass is 32.1. The van der Waals surface area contributed by atoms with Crippen molar-refractivity contribution in [3.05, 3.63) is 65.5 Å². The van der Waals surface area contributed by atoms with Gasteiger partial charge in [-0.1, -0.05) is 0 Å². The van der Waals surface area contributed by atoms with Crippen molar-refractivity contribution >= 4 is 34.6 Å². The van der Waals surface area contributed by atoms with Gasteiger partial charge in [-0.25, -0.2) is 9.37 Å². The molecule has 13 heteroatoms. The number of alkyl halides is 3. The van der Waals surface area contributed by atoms with Crippen molar-refractivity contribution in [2.45, 2.75) is 37.4 Å². The van der Waals surface area contributed by atoms with Crippen molar-refractivity contribution < 1.29 is 27.1 Å². The molecule has 1 saturated carbocycles. The van der Waals surface area contributed by atoms with Crippen molar-refractivity contribution in [3.8, 4) is 11.8 Å². The number of amides is 1. The minimum atomic E-state index is -4.97. The van der Waals surface area contributed by atoms with E-state index in [2.05, 4.69) is 10.1 Å². The van der Waals surface area contributed by atoms with E-state index in [1.54, 1.807) is 17.9 Å². The molecule has 2 fully saturated rings. The van der Waals surface area contributed by atoms with E-state index in [9.17, 15) is 23.2 Å². The first kappa shape index (κ1) is 25.6. The second-order valence-corrected chi connectivity index (χ2v) is 9.33. The van der Waals surface area contributed by atoms with E-state index in [1.807, 2.05) is 6.07 Å². The predicted molar refractivity (Wildman–Crippen MR) is 132 cm³/mol. The molecule has 1 saturated heterocycles. The number of rotatable bonds is 6. The van der Waals surface area contributed by atoms with Crippen LogP contribution in [0.3, 0.4) is 0 Å². The molecule has 38 heavy (non-hydrogen) atoms. The quantitative estimate of drug-likeness (QED) is 0.333. The standard InChI is InChI=1S/C25H20F4N6O2S/c1-33-15(5-11-32-33)7-12-37-20-4-3-16(13-17(20)26)35-23(38)34(22(36)24(35)8-2-9-24)19-6-10-31-18(14-30)21(19)25(27,28)29/h3-6,10-11,13H,2,7-9,12H2,1H3. The molecule has 0 atom stereocenters. The molecular formula is C25H20F4N6O2S. The highest BCUT2D eigenvalue weighted by molar-refractivity contribution is 7.81. The van der Waals surface area contributed by atoms with Gasteiger partial charge in [-0.05, 0) is 55.7 Å². The highest BCUT2D eigenvalue weighted by Crippen LogP contribution is 2.50. The number of anilines is 2. The van der Waals surface area contributed by atoms with E-state index in [0.717, 1.165) is 28.9 Å². The Kier molecular flexibility index (Phi) is 6.30. The number of ether oxygens (including phenoxy) is 1. The van der Waals surface area contributed by atoms with Crippen molar-refractivity contribution in [2.24, 2.45) is 7.05 Å². The largest absolute Gasteiger partial charge is 0.490 e. The van der Waals surface area contributed by atoms with Crippen LogP contribution in [0.25, 0.3) is 0 Å². The molecule has 0 bridgehead atoms. The third kappa shape index (κ3) is 4.05. The lowest BCUT2D eigenvalue weighted by atomic mass is 9.75. The number of aryl methyl sites for hydroxylation is 1. The summed E-state index contributed by atoms with van der Waals surface area (Å²) in [6.45, 7) is 0.192. The number of pyridine rings is 1. The van der Waals surface area contributed by atoms with Gasteiger partial charge in [0.15, 0.2) is 22.4 Å². The van der Waals surface area contributed by atoms with E-state index < -0.39 is 40.4 Å². The SMILES string of the molecule is Cn1nccc1CCOc1ccc(N2C(=S)N(c3ccnc(C#N)c3C(F)(F)F)C(=O)C23CCC3)cc1F. The van der Waals surface area contributed by atoms with Crippen LogP contribution in [-0.4, -0.2) is 37.9 Å². The molecule has 1 aliphatic carbocycles. The van der Waals surface area contributed by atoms with Gasteiger partial charge in [0, 0.05) is 43.3 Å². The Labute approximate surface area is 220 Å². The molecule has 2 aliphatic rings. The van der Waals surface area contributed by atoms with Crippen LogP contribution in [0.5, 0.6) is 5.75 Å². The molecule has 1 amide bonds. The number of nitriles is 1. The molecule has 5 rings (SSSR count). The maximum absolute atomic E-state index is 15.1. The van der Waals surface area contributed by atoms with Gasteiger partial charge < -0.3 is 9.64 Å². The molecule has 1 aliphatic heterocycles. The summed E-state index contributed by atoms with van der Waals surface area (Å²) in [5.41, 5.74) is -2.93. The number of nitrogens with zero attached hydrogens (tertiary/aromatic N) is 6. The number of carbonyl (C=O) groups excluding carboxylic acids is 1. The van der Waals surface area contributed by atoms with Gasteiger partial charge in [0.05, 0.1) is 12.3 Å². The summed E-state index contributed by atoms with van der Waals surface area (Å²) < 4.78 is 64.3. The molecule has 3 aromatic rings.